The van der Waals surface area contributed by atoms with Crippen molar-refractivity contribution in [3.63, 3.8) is 0 Å². The van der Waals surface area contributed by atoms with Gasteiger partial charge in [0.2, 0.25) is 5.16 Å². The van der Waals surface area contributed by atoms with Gasteiger partial charge in [0.25, 0.3) is 5.69 Å². The van der Waals surface area contributed by atoms with E-state index in [4.69, 9.17) is 0 Å². The van der Waals surface area contributed by atoms with Crippen LogP contribution in [0.2, 0.25) is 0 Å². The van der Waals surface area contributed by atoms with Crippen molar-refractivity contribution in [3.05, 3.63) is 76.3 Å². The first kappa shape index (κ1) is 19.1. The summed E-state index contributed by atoms with van der Waals surface area (Å²) < 4.78 is 1.95. The Morgan fingerprint density at radius 2 is 1.74 bits per heavy atom. The minimum Gasteiger partial charge on any atom is -0.327 e. The van der Waals surface area contributed by atoms with Gasteiger partial charge in [-0.05, 0) is 17.5 Å². The molecular formula is C22H15N5O3S. The van der Waals surface area contributed by atoms with Crippen LogP contribution in [0.3, 0.4) is 0 Å². The summed E-state index contributed by atoms with van der Waals surface area (Å²) in [5.41, 5.74) is 2.85. The van der Waals surface area contributed by atoms with Crippen LogP contribution in [0.25, 0.3) is 32.8 Å². The second-order valence-corrected chi connectivity index (χ2v) is 7.93. The standard InChI is InChI=1S/C22H15N5O3S/c1-26-17-10-3-2-6-16(17)20-21(26)23-22(25-24-20)31-12-19(28)15-9-4-8-14-13(15)7-5-11-18(14)27(29)30/h2-11H,12H2,1H3. The first-order valence-corrected chi connectivity index (χ1v) is 10.4. The molecule has 9 heteroatoms. The van der Waals surface area contributed by atoms with Gasteiger partial charge in [-0.15, -0.1) is 10.2 Å². The van der Waals surface area contributed by atoms with Crippen molar-refractivity contribution in [3.8, 4) is 0 Å². The number of aryl methyl sites for hydroxylation is 1. The van der Waals surface area contributed by atoms with Crippen LogP contribution in [0.1, 0.15) is 10.4 Å². The Balaban J connectivity index is 1.45. The number of para-hydroxylation sites is 1. The van der Waals surface area contributed by atoms with Crippen molar-refractivity contribution >= 4 is 56.1 Å². The number of non-ortho nitro benzene ring substituents is 1. The highest BCUT2D eigenvalue weighted by Gasteiger charge is 2.18. The Hall–Kier alpha value is -3.85. The number of ketones is 1. The van der Waals surface area contributed by atoms with E-state index in [1.54, 1.807) is 30.3 Å². The Labute approximate surface area is 180 Å². The average molecular weight is 429 g/mol. The number of aromatic nitrogens is 4. The number of nitro benzene ring substituents is 1. The van der Waals surface area contributed by atoms with Gasteiger partial charge in [-0.3, -0.25) is 14.9 Å². The van der Waals surface area contributed by atoms with Gasteiger partial charge in [-0.2, -0.15) is 0 Å². The van der Waals surface area contributed by atoms with Gasteiger partial charge in [0.15, 0.2) is 11.4 Å². The predicted octanol–water partition coefficient (Wildman–Crippen LogP) is 4.55. The number of nitro groups is 1. The first-order valence-electron chi connectivity index (χ1n) is 9.44. The first-order chi connectivity index (χ1) is 15.0. The number of hydrogen-bond acceptors (Lipinski definition) is 7. The third kappa shape index (κ3) is 3.19. The maximum Gasteiger partial charge on any atom is 0.277 e. The number of fused-ring (bicyclic) bond motifs is 4. The van der Waals surface area contributed by atoms with E-state index in [1.807, 2.05) is 35.9 Å². The fraction of sp³-hybridized carbons (Fsp3) is 0.0909. The summed E-state index contributed by atoms with van der Waals surface area (Å²) in [6.45, 7) is 0. The van der Waals surface area contributed by atoms with Crippen LogP contribution in [-0.2, 0) is 7.05 Å². The lowest BCUT2D eigenvalue weighted by molar-refractivity contribution is -0.383. The molecule has 2 aromatic heterocycles. The van der Waals surface area contributed by atoms with Gasteiger partial charge in [0, 0.05) is 24.1 Å². The molecule has 0 aliphatic heterocycles. The fourth-order valence-electron chi connectivity index (χ4n) is 3.76. The summed E-state index contributed by atoms with van der Waals surface area (Å²) in [4.78, 5) is 28.4. The van der Waals surface area contributed by atoms with Gasteiger partial charge in [0.05, 0.1) is 21.6 Å². The summed E-state index contributed by atoms with van der Waals surface area (Å²) >= 11 is 1.19. The molecule has 0 atom stereocenters. The molecule has 8 nitrogen and oxygen atoms in total. The van der Waals surface area contributed by atoms with E-state index >= 15 is 0 Å². The molecule has 0 spiro atoms. The Morgan fingerprint density at radius 1 is 1.00 bits per heavy atom. The number of benzene rings is 3. The van der Waals surface area contributed by atoms with Crippen molar-refractivity contribution in [2.75, 3.05) is 5.75 Å². The molecule has 31 heavy (non-hydrogen) atoms. The molecule has 0 radical (unpaired) electrons. The topological polar surface area (TPSA) is 104 Å². The van der Waals surface area contributed by atoms with Gasteiger partial charge in [-0.25, -0.2) is 4.98 Å². The van der Waals surface area contributed by atoms with E-state index < -0.39 is 4.92 Å². The quantitative estimate of drug-likeness (QED) is 0.175. The number of thioether (sulfide) groups is 1. The number of rotatable bonds is 5. The average Bonchev–Trinajstić information content (AvgIpc) is 3.08. The maximum absolute atomic E-state index is 12.9. The fourth-order valence-corrected chi connectivity index (χ4v) is 4.42. The van der Waals surface area contributed by atoms with Crippen molar-refractivity contribution in [2.45, 2.75) is 5.16 Å². The largest absolute Gasteiger partial charge is 0.327 e. The third-order valence-corrected chi connectivity index (χ3v) is 6.05. The van der Waals surface area contributed by atoms with E-state index in [1.165, 1.54) is 17.8 Å². The molecule has 0 fully saturated rings. The van der Waals surface area contributed by atoms with Gasteiger partial charge in [0.1, 0.15) is 5.52 Å². The summed E-state index contributed by atoms with van der Waals surface area (Å²) in [5, 5.41) is 22.2. The molecule has 0 aliphatic carbocycles. The van der Waals surface area contributed by atoms with E-state index in [-0.39, 0.29) is 17.2 Å². The number of carbonyl (C=O) groups excluding carboxylic acids is 1. The summed E-state index contributed by atoms with van der Waals surface area (Å²) in [7, 11) is 1.92. The second kappa shape index (κ2) is 7.44. The van der Waals surface area contributed by atoms with Crippen LogP contribution in [0.15, 0.2) is 65.8 Å². The van der Waals surface area contributed by atoms with Crippen LogP contribution >= 0.6 is 11.8 Å². The second-order valence-electron chi connectivity index (χ2n) is 6.99. The number of carbonyl (C=O) groups is 1. The summed E-state index contributed by atoms with van der Waals surface area (Å²) in [6.07, 6.45) is 0. The van der Waals surface area contributed by atoms with Crippen LogP contribution in [0.5, 0.6) is 0 Å². The highest BCUT2D eigenvalue weighted by Crippen LogP contribution is 2.29. The smallest absolute Gasteiger partial charge is 0.277 e. The molecule has 0 N–H and O–H groups in total. The van der Waals surface area contributed by atoms with Gasteiger partial charge < -0.3 is 4.57 Å². The number of hydrogen-bond donors (Lipinski definition) is 0. The zero-order valence-electron chi connectivity index (χ0n) is 16.3. The monoisotopic (exact) mass is 429 g/mol. The van der Waals surface area contributed by atoms with Crippen molar-refractivity contribution < 1.29 is 9.72 Å². The lowest BCUT2D eigenvalue weighted by Gasteiger charge is -2.06. The highest BCUT2D eigenvalue weighted by atomic mass is 32.2. The lowest BCUT2D eigenvalue weighted by atomic mass is 10.0. The lowest BCUT2D eigenvalue weighted by Crippen LogP contribution is -2.05. The molecule has 3 aromatic carbocycles. The Kier molecular flexibility index (Phi) is 4.59. The van der Waals surface area contributed by atoms with E-state index in [0.29, 0.717) is 27.1 Å². The summed E-state index contributed by atoms with van der Waals surface area (Å²) in [6, 6.07) is 17.6. The predicted molar refractivity (Wildman–Crippen MR) is 119 cm³/mol. The number of Topliss-reactive ketones (excluding diaryl/α,β-unsaturated/α-hetero) is 1. The maximum atomic E-state index is 12.9. The number of nitrogens with zero attached hydrogens (tertiary/aromatic N) is 5. The molecule has 0 bridgehead atoms. The summed E-state index contributed by atoms with van der Waals surface area (Å²) in [5.74, 6) is -0.0595. The van der Waals surface area contributed by atoms with E-state index in [2.05, 4.69) is 15.2 Å². The van der Waals surface area contributed by atoms with Crippen LogP contribution < -0.4 is 0 Å². The van der Waals surface area contributed by atoms with Crippen LogP contribution in [0.4, 0.5) is 5.69 Å². The van der Waals surface area contributed by atoms with Crippen molar-refractivity contribution in [2.24, 2.45) is 7.05 Å². The van der Waals surface area contributed by atoms with Crippen LogP contribution in [0, 0.1) is 10.1 Å². The van der Waals surface area contributed by atoms with Gasteiger partial charge in [-0.1, -0.05) is 54.2 Å². The minimum atomic E-state index is -0.441. The zero-order chi connectivity index (χ0) is 21.5. The van der Waals surface area contributed by atoms with E-state index in [9.17, 15) is 14.9 Å². The molecule has 0 aliphatic rings. The molecule has 0 saturated carbocycles. The molecular weight excluding hydrogens is 414 g/mol. The molecule has 0 unspecified atom stereocenters. The SMILES string of the molecule is Cn1c2ccccc2c2nnc(SCC(=O)c3cccc4c([N+](=O)[O-])cccc34)nc21. The van der Waals surface area contributed by atoms with E-state index in [0.717, 1.165) is 16.4 Å². The molecule has 5 aromatic rings. The Morgan fingerprint density at radius 3 is 2.58 bits per heavy atom. The normalized spacial score (nSPS) is 11.4. The Bertz CT molecular complexity index is 1510. The minimum absolute atomic E-state index is 0.0199. The van der Waals surface area contributed by atoms with Gasteiger partial charge >= 0.3 is 0 Å². The molecule has 0 saturated heterocycles. The zero-order valence-corrected chi connectivity index (χ0v) is 17.2. The van der Waals surface area contributed by atoms with Crippen LogP contribution in [-0.4, -0.2) is 36.2 Å². The molecule has 2 heterocycles. The highest BCUT2D eigenvalue weighted by molar-refractivity contribution is 7.99. The third-order valence-electron chi connectivity index (χ3n) is 5.22. The van der Waals surface area contributed by atoms with Crippen molar-refractivity contribution in [1.82, 2.24) is 19.7 Å². The molecule has 152 valence electrons. The molecule has 0 amide bonds. The van der Waals surface area contributed by atoms with Crippen molar-refractivity contribution in [1.29, 1.82) is 0 Å². The molecule has 5 rings (SSSR count).